The fourth-order valence-corrected chi connectivity index (χ4v) is 4.95. The van der Waals surface area contributed by atoms with E-state index in [9.17, 15) is 18.0 Å². The molecule has 2 fully saturated rings. The average molecular weight is 445 g/mol. The molecule has 32 heavy (non-hydrogen) atoms. The molecule has 1 amide bonds. The Labute approximate surface area is 185 Å². The number of anilines is 2. The summed E-state index contributed by atoms with van der Waals surface area (Å²) in [5.74, 6) is 0.294. The first kappa shape index (κ1) is 21.0. The number of methoxy groups -OCH3 is 1. The van der Waals surface area contributed by atoms with Gasteiger partial charge in [-0.2, -0.15) is 13.2 Å². The minimum absolute atomic E-state index is 0.0626. The molecule has 0 unspecified atom stereocenters. The van der Waals surface area contributed by atoms with Gasteiger partial charge in [0, 0.05) is 31.4 Å². The number of amides is 1. The number of alkyl halides is 3. The highest BCUT2D eigenvalue weighted by molar-refractivity contribution is 5.83. The predicted molar refractivity (Wildman–Crippen MR) is 116 cm³/mol. The summed E-state index contributed by atoms with van der Waals surface area (Å²) < 4.78 is 45.5. The highest BCUT2D eigenvalue weighted by Gasteiger charge is 2.44. The highest BCUT2D eigenvalue weighted by atomic mass is 19.4. The van der Waals surface area contributed by atoms with Gasteiger partial charge in [0.15, 0.2) is 0 Å². The van der Waals surface area contributed by atoms with Crippen molar-refractivity contribution in [3.8, 4) is 5.75 Å². The van der Waals surface area contributed by atoms with Crippen molar-refractivity contribution >= 4 is 17.3 Å². The fraction of sp³-hybridized carbons (Fsp3) is 0.458. The molecule has 1 N–H and O–H groups in total. The van der Waals surface area contributed by atoms with Crippen LogP contribution in [0.2, 0.25) is 0 Å². The number of nitrogens with one attached hydrogen (secondary N) is 1. The van der Waals surface area contributed by atoms with Gasteiger partial charge in [-0.15, -0.1) is 0 Å². The summed E-state index contributed by atoms with van der Waals surface area (Å²) in [5.41, 5.74) is 1.70. The van der Waals surface area contributed by atoms with Gasteiger partial charge in [-0.1, -0.05) is 12.1 Å². The Morgan fingerprint density at radius 3 is 2.59 bits per heavy atom. The molecule has 3 aliphatic rings. The number of carbonyl (C=O) groups is 1. The van der Waals surface area contributed by atoms with Crippen molar-refractivity contribution in [2.45, 2.75) is 37.5 Å². The number of para-hydroxylation sites is 2. The number of fused-ring (bicyclic) bond motifs is 3. The molecule has 0 aromatic heterocycles. The summed E-state index contributed by atoms with van der Waals surface area (Å²) in [7, 11) is 1.63. The molecular weight excluding hydrogens is 419 g/mol. The Balaban J connectivity index is 1.49. The van der Waals surface area contributed by atoms with Crippen LogP contribution < -0.4 is 19.9 Å². The molecule has 0 radical (unpaired) electrons. The molecule has 5 nitrogen and oxygen atoms in total. The van der Waals surface area contributed by atoms with Crippen molar-refractivity contribution in [2.75, 3.05) is 36.5 Å². The van der Waals surface area contributed by atoms with Crippen molar-refractivity contribution in [2.24, 2.45) is 5.92 Å². The van der Waals surface area contributed by atoms with Gasteiger partial charge in [-0.3, -0.25) is 4.79 Å². The number of ether oxygens (including phenoxy) is 1. The maximum Gasteiger partial charge on any atom is 0.416 e. The average Bonchev–Trinajstić information content (AvgIpc) is 3.61. The lowest BCUT2D eigenvalue weighted by molar-refractivity contribution is -0.137. The third-order valence-electron chi connectivity index (χ3n) is 6.73. The van der Waals surface area contributed by atoms with Crippen LogP contribution in [0.5, 0.6) is 5.75 Å². The molecule has 0 spiro atoms. The Morgan fingerprint density at radius 1 is 1.09 bits per heavy atom. The first-order chi connectivity index (χ1) is 15.3. The van der Waals surface area contributed by atoms with E-state index in [-0.39, 0.29) is 18.0 Å². The van der Waals surface area contributed by atoms with Crippen LogP contribution in [0.3, 0.4) is 0 Å². The molecule has 2 aliphatic heterocycles. The number of carbonyl (C=O) groups excluding carboxylic acids is 1. The van der Waals surface area contributed by atoms with E-state index in [1.54, 1.807) is 13.2 Å². The van der Waals surface area contributed by atoms with Crippen LogP contribution in [0.1, 0.15) is 24.0 Å². The number of rotatable bonds is 4. The van der Waals surface area contributed by atoms with Crippen LogP contribution in [-0.2, 0) is 17.4 Å². The number of hydrogen-bond donors (Lipinski definition) is 1. The van der Waals surface area contributed by atoms with Gasteiger partial charge >= 0.3 is 6.18 Å². The number of benzene rings is 2. The largest absolute Gasteiger partial charge is 0.495 e. The topological polar surface area (TPSA) is 44.8 Å². The van der Waals surface area contributed by atoms with E-state index in [1.807, 2.05) is 24.3 Å². The first-order valence-corrected chi connectivity index (χ1v) is 11.0. The molecule has 170 valence electrons. The zero-order valence-electron chi connectivity index (χ0n) is 17.9. The molecule has 2 aromatic rings. The normalized spacial score (nSPS) is 22.8. The van der Waals surface area contributed by atoms with E-state index in [0.717, 1.165) is 36.0 Å². The van der Waals surface area contributed by atoms with Gasteiger partial charge in [0.2, 0.25) is 5.91 Å². The van der Waals surface area contributed by atoms with Crippen molar-refractivity contribution in [3.63, 3.8) is 0 Å². The maximum atomic E-state index is 13.3. The fourth-order valence-electron chi connectivity index (χ4n) is 4.95. The van der Waals surface area contributed by atoms with Crippen LogP contribution in [0.4, 0.5) is 24.5 Å². The molecule has 1 saturated heterocycles. The van der Waals surface area contributed by atoms with Crippen molar-refractivity contribution in [1.29, 1.82) is 0 Å². The number of hydrogen-bond acceptors (Lipinski definition) is 4. The Bertz CT molecular complexity index is 1020. The SMILES string of the molecule is COc1ccccc1N1CCN2c3ccc(C(F)(F)F)cc3C[C@@H](C(=O)NC3CC3)[C@@H]2C1. The minimum atomic E-state index is -4.40. The second-order valence-corrected chi connectivity index (χ2v) is 8.81. The summed E-state index contributed by atoms with van der Waals surface area (Å²) >= 11 is 0. The Kier molecular flexibility index (Phi) is 5.18. The molecule has 5 rings (SSSR count). The second-order valence-electron chi connectivity index (χ2n) is 8.81. The Morgan fingerprint density at radius 2 is 1.88 bits per heavy atom. The molecule has 1 aliphatic carbocycles. The lowest BCUT2D eigenvalue weighted by atomic mass is 9.82. The van der Waals surface area contributed by atoms with Crippen molar-refractivity contribution < 1.29 is 22.7 Å². The standard InChI is InChI=1S/C24H26F3N3O2/c1-32-22-5-3-2-4-20(22)29-10-11-30-19-9-6-16(24(25,26)27)12-15(19)13-18(21(30)14-29)23(31)28-17-7-8-17/h2-6,9,12,17-18,21H,7-8,10-11,13-14H2,1H3,(H,28,31)/t18-,21+/m1/s1. The van der Waals surface area contributed by atoms with Crippen LogP contribution in [0.15, 0.2) is 42.5 Å². The van der Waals surface area contributed by atoms with Gasteiger partial charge < -0.3 is 19.9 Å². The van der Waals surface area contributed by atoms with Crippen LogP contribution in [0, 0.1) is 5.92 Å². The number of nitrogens with zero attached hydrogens (tertiary/aromatic N) is 2. The molecule has 1 saturated carbocycles. The summed E-state index contributed by atoms with van der Waals surface area (Å²) in [6, 6.07) is 11.8. The lowest BCUT2D eigenvalue weighted by Gasteiger charge is -2.50. The van der Waals surface area contributed by atoms with E-state index < -0.39 is 17.7 Å². The first-order valence-electron chi connectivity index (χ1n) is 11.0. The lowest BCUT2D eigenvalue weighted by Crippen LogP contribution is -2.61. The maximum absolute atomic E-state index is 13.3. The summed E-state index contributed by atoms with van der Waals surface area (Å²) in [6.45, 7) is 1.91. The summed E-state index contributed by atoms with van der Waals surface area (Å²) in [6.07, 6.45) is -2.16. The second kappa shape index (κ2) is 7.90. The third kappa shape index (κ3) is 3.87. The molecule has 8 heteroatoms. The monoisotopic (exact) mass is 445 g/mol. The zero-order chi connectivity index (χ0) is 22.5. The van der Waals surface area contributed by atoms with E-state index in [1.165, 1.54) is 6.07 Å². The highest BCUT2D eigenvalue weighted by Crippen LogP contribution is 2.41. The molecule has 0 bridgehead atoms. The van der Waals surface area contributed by atoms with Gasteiger partial charge in [-0.25, -0.2) is 0 Å². The summed E-state index contributed by atoms with van der Waals surface area (Å²) in [4.78, 5) is 17.5. The smallest absolute Gasteiger partial charge is 0.416 e. The van der Waals surface area contributed by atoms with Crippen LogP contribution in [0.25, 0.3) is 0 Å². The van der Waals surface area contributed by atoms with Crippen molar-refractivity contribution in [1.82, 2.24) is 5.32 Å². The minimum Gasteiger partial charge on any atom is -0.495 e. The molecule has 2 heterocycles. The van der Waals surface area contributed by atoms with E-state index >= 15 is 0 Å². The predicted octanol–water partition coefficient (Wildman–Crippen LogP) is 3.86. The number of piperazine rings is 1. The molecule has 2 atom stereocenters. The van der Waals surface area contributed by atoms with E-state index in [0.29, 0.717) is 31.6 Å². The molecular formula is C24H26F3N3O2. The molecule has 2 aromatic carbocycles. The van der Waals surface area contributed by atoms with E-state index in [4.69, 9.17) is 4.74 Å². The van der Waals surface area contributed by atoms with Gasteiger partial charge in [-0.05, 0) is 55.2 Å². The van der Waals surface area contributed by atoms with Gasteiger partial charge in [0.25, 0.3) is 0 Å². The Hall–Kier alpha value is -2.90. The summed E-state index contributed by atoms with van der Waals surface area (Å²) in [5, 5.41) is 3.08. The number of halogens is 3. The van der Waals surface area contributed by atoms with Crippen LogP contribution >= 0.6 is 0 Å². The quantitative estimate of drug-likeness (QED) is 0.777. The van der Waals surface area contributed by atoms with E-state index in [2.05, 4.69) is 15.1 Å². The third-order valence-corrected chi connectivity index (χ3v) is 6.73. The van der Waals surface area contributed by atoms with Crippen molar-refractivity contribution in [3.05, 3.63) is 53.6 Å². The zero-order valence-corrected chi connectivity index (χ0v) is 17.9. The van der Waals surface area contributed by atoms with Gasteiger partial charge in [0.1, 0.15) is 5.75 Å². The van der Waals surface area contributed by atoms with Crippen LogP contribution in [-0.4, -0.2) is 44.7 Å². The van der Waals surface area contributed by atoms with Gasteiger partial charge in [0.05, 0.1) is 30.3 Å².